The van der Waals surface area contributed by atoms with Crippen molar-refractivity contribution < 1.29 is 26.7 Å². The van der Waals surface area contributed by atoms with Crippen LogP contribution in [0.25, 0.3) is 0 Å². The quantitative estimate of drug-likeness (QED) is 0.799. The molecule has 1 aliphatic rings. The molecule has 1 aromatic rings. The van der Waals surface area contributed by atoms with E-state index in [1.165, 1.54) is 32.3 Å². The third kappa shape index (κ3) is 3.25. The molecule has 23 heavy (non-hydrogen) atoms. The predicted molar refractivity (Wildman–Crippen MR) is 81.9 cm³/mol. The molecule has 1 fully saturated rings. The van der Waals surface area contributed by atoms with Crippen LogP contribution >= 0.6 is 0 Å². The van der Waals surface area contributed by atoms with E-state index in [0.29, 0.717) is 6.42 Å². The lowest BCUT2D eigenvalue weighted by atomic mass is 10.2. The molecule has 0 amide bonds. The zero-order valence-corrected chi connectivity index (χ0v) is 14.3. The Balaban J connectivity index is 2.48. The van der Waals surface area contributed by atoms with Gasteiger partial charge in [0.05, 0.1) is 9.79 Å². The van der Waals surface area contributed by atoms with Crippen LogP contribution in [0.5, 0.6) is 0 Å². The number of benzene rings is 1. The summed E-state index contributed by atoms with van der Waals surface area (Å²) in [6.07, 6.45) is 0.691. The molecule has 10 heteroatoms. The zero-order chi connectivity index (χ0) is 17.4. The van der Waals surface area contributed by atoms with E-state index < -0.39 is 32.1 Å². The van der Waals surface area contributed by atoms with E-state index in [0.717, 1.165) is 14.7 Å². The molecule has 1 atom stereocenters. The summed E-state index contributed by atoms with van der Waals surface area (Å²) in [5.74, 6) is -1.21. The van der Waals surface area contributed by atoms with Crippen molar-refractivity contribution in [2.75, 3.05) is 20.6 Å². The van der Waals surface area contributed by atoms with Crippen molar-refractivity contribution in [2.45, 2.75) is 28.7 Å². The second-order valence-electron chi connectivity index (χ2n) is 5.37. The van der Waals surface area contributed by atoms with E-state index in [4.69, 9.17) is 5.11 Å². The standard InChI is InChI=1S/C13H18N2O6S2/c1-14(2)22(18,19)10-5-3-6-11(9-10)23(20,21)15-8-4-7-12(15)13(16)17/h3,5-6,9,12H,4,7-8H2,1-2H3,(H,16,17). The molecule has 0 radical (unpaired) electrons. The molecule has 128 valence electrons. The molecule has 1 heterocycles. The van der Waals surface area contributed by atoms with Crippen molar-refractivity contribution in [2.24, 2.45) is 0 Å². The Morgan fingerprint density at radius 1 is 1.22 bits per heavy atom. The molecule has 0 aliphatic carbocycles. The van der Waals surface area contributed by atoms with Crippen LogP contribution in [0.2, 0.25) is 0 Å². The third-order valence-electron chi connectivity index (χ3n) is 3.68. The molecule has 8 nitrogen and oxygen atoms in total. The predicted octanol–water partition coefficient (Wildman–Crippen LogP) is 0.175. The largest absolute Gasteiger partial charge is 0.480 e. The number of rotatable bonds is 5. The zero-order valence-electron chi connectivity index (χ0n) is 12.7. The second-order valence-corrected chi connectivity index (χ2v) is 9.42. The minimum atomic E-state index is -4.07. The first-order valence-corrected chi connectivity index (χ1v) is 9.74. The summed E-state index contributed by atoms with van der Waals surface area (Å²) in [6, 6.07) is 3.83. The van der Waals surface area contributed by atoms with Gasteiger partial charge in [0.15, 0.2) is 0 Å². The molecule has 2 rings (SSSR count). The molecule has 1 aromatic carbocycles. The lowest BCUT2D eigenvalue weighted by molar-refractivity contribution is -0.140. The normalized spacial score (nSPS) is 20.0. The van der Waals surface area contributed by atoms with Gasteiger partial charge in [0.25, 0.3) is 0 Å². The number of carboxylic acids is 1. The average Bonchev–Trinajstić information content (AvgIpc) is 2.97. The fourth-order valence-electron chi connectivity index (χ4n) is 2.42. The van der Waals surface area contributed by atoms with Crippen molar-refractivity contribution in [3.63, 3.8) is 0 Å². The Hall–Kier alpha value is -1.49. The Labute approximate surface area is 135 Å². The SMILES string of the molecule is CN(C)S(=O)(=O)c1cccc(S(=O)(=O)N2CCCC2C(=O)O)c1. The fraction of sp³-hybridized carbons (Fsp3) is 0.462. The third-order valence-corrected chi connectivity index (χ3v) is 7.39. The van der Waals surface area contributed by atoms with Crippen molar-refractivity contribution >= 4 is 26.0 Å². The minimum absolute atomic E-state index is 0.101. The van der Waals surface area contributed by atoms with Crippen LogP contribution in [0.15, 0.2) is 34.1 Å². The minimum Gasteiger partial charge on any atom is -0.480 e. The summed E-state index contributed by atoms with van der Waals surface area (Å²) in [4.78, 5) is 10.8. The first kappa shape index (κ1) is 17.9. The van der Waals surface area contributed by atoms with E-state index in [1.807, 2.05) is 0 Å². The smallest absolute Gasteiger partial charge is 0.322 e. The summed E-state index contributed by atoms with van der Waals surface area (Å²) in [5.41, 5.74) is 0. The molecule has 1 unspecified atom stereocenters. The van der Waals surface area contributed by atoms with Crippen LogP contribution in [-0.4, -0.2) is 63.2 Å². The molecule has 0 saturated carbocycles. The van der Waals surface area contributed by atoms with Crippen LogP contribution < -0.4 is 0 Å². The van der Waals surface area contributed by atoms with Gasteiger partial charge in [-0.25, -0.2) is 21.1 Å². The Morgan fingerprint density at radius 3 is 2.39 bits per heavy atom. The van der Waals surface area contributed by atoms with Crippen molar-refractivity contribution in [3.05, 3.63) is 24.3 Å². The number of hydrogen-bond donors (Lipinski definition) is 1. The number of nitrogens with zero attached hydrogens (tertiary/aromatic N) is 2. The Kier molecular flexibility index (Phi) is 4.81. The highest BCUT2D eigenvalue weighted by atomic mass is 32.2. The van der Waals surface area contributed by atoms with Gasteiger partial charge in [-0.1, -0.05) is 6.07 Å². The molecule has 1 aliphatic heterocycles. The van der Waals surface area contributed by atoms with Crippen molar-refractivity contribution in [1.82, 2.24) is 8.61 Å². The summed E-state index contributed by atoms with van der Waals surface area (Å²) in [6.45, 7) is 0.101. The average molecular weight is 362 g/mol. The summed E-state index contributed by atoms with van der Waals surface area (Å²) < 4.78 is 51.5. The first-order chi connectivity index (χ1) is 10.6. The van der Waals surface area contributed by atoms with E-state index in [-0.39, 0.29) is 22.8 Å². The molecule has 0 aromatic heterocycles. The second kappa shape index (κ2) is 6.19. The molecular weight excluding hydrogens is 344 g/mol. The van der Waals surface area contributed by atoms with Gasteiger partial charge < -0.3 is 5.11 Å². The van der Waals surface area contributed by atoms with Crippen LogP contribution in [0.4, 0.5) is 0 Å². The number of aliphatic carboxylic acids is 1. The van der Waals surface area contributed by atoms with E-state index in [2.05, 4.69) is 0 Å². The van der Waals surface area contributed by atoms with Crippen LogP contribution in [0.1, 0.15) is 12.8 Å². The monoisotopic (exact) mass is 362 g/mol. The molecule has 1 saturated heterocycles. The highest BCUT2D eigenvalue weighted by molar-refractivity contribution is 7.90. The lowest BCUT2D eigenvalue weighted by Crippen LogP contribution is -2.40. The maximum absolute atomic E-state index is 12.7. The van der Waals surface area contributed by atoms with Gasteiger partial charge in [-0.3, -0.25) is 4.79 Å². The Morgan fingerprint density at radius 2 is 1.83 bits per heavy atom. The first-order valence-electron chi connectivity index (χ1n) is 6.85. The number of carboxylic acid groups (broad SMARTS) is 1. The highest BCUT2D eigenvalue weighted by Crippen LogP contribution is 2.27. The highest BCUT2D eigenvalue weighted by Gasteiger charge is 2.39. The summed E-state index contributed by atoms with van der Waals surface area (Å²) in [5, 5.41) is 9.14. The molecular formula is C13H18N2O6S2. The fourth-order valence-corrected chi connectivity index (χ4v) is 5.14. The van der Waals surface area contributed by atoms with E-state index >= 15 is 0 Å². The lowest BCUT2D eigenvalue weighted by Gasteiger charge is -2.21. The van der Waals surface area contributed by atoms with Gasteiger partial charge in [-0.05, 0) is 31.0 Å². The van der Waals surface area contributed by atoms with Gasteiger partial charge in [0.1, 0.15) is 6.04 Å². The van der Waals surface area contributed by atoms with Gasteiger partial charge in [0, 0.05) is 20.6 Å². The van der Waals surface area contributed by atoms with E-state index in [9.17, 15) is 21.6 Å². The van der Waals surface area contributed by atoms with Gasteiger partial charge in [0.2, 0.25) is 20.0 Å². The Bertz CT molecular complexity index is 817. The summed E-state index contributed by atoms with van der Waals surface area (Å²) >= 11 is 0. The summed E-state index contributed by atoms with van der Waals surface area (Å²) in [7, 11) is -5.16. The van der Waals surface area contributed by atoms with Crippen LogP contribution in [-0.2, 0) is 24.8 Å². The maximum atomic E-state index is 12.7. The topological polar surface area (TPSA) is 112 Å². The van der Waals surface area contributed by atoms with Crippen LogP contribution in [0.3, 0.4) is 0 Å². The van der Waals surface area contributed by atoms with Gasteiger partial charge in [-0.15, -0.1) is 0 Å². The molecule has 0 spiro atoms. The van der Waals surface area contributed by atoms with Crippen LogP contribution in [0, 0.1) is 0 Å². The number of carbonyl (C=O) groups is 1. The number of sulfonamides is 2. The molecule has 1 N–H and O–H groups in total. The number of hydrogen-bond acceptors (Lipinski definition) is 5. The maximum Gasteiger partial charge on any atom is 0.322 e. The van der Waals surface area contributed by atoms with Crippen molar-refractivity contribution in [3.8, 4) is 0 Å². The van der Waals surface area contributed by atoms with E-state index in [1.54, 1.807) is 0 Å². The van der Waals surface area contributed by atoms with Gasteiger partial charge in [-0.2, -0.15) is 4.31 Å². The van der Waals surface area contributed by atoms with Crippen molar-refractivity contribution in [1.29, 1.82) is 0 Å². The van der Waals surface area contributed by atoms with Gasteiger partial charge >= 0.3 is 5.97 Å². The molecule has 0 bridgehead atoms.